The quantitative estimate of drug-likeness (QED) is 0.267. The molecule has 1 heterocycles. The van der Waals surface area contributed by atoms with E-state index in [0.29, 0.717) is 28.9 Å². The average molecular weight is 459 g/mol. The largest absolute Gasteiger partial charge is 0.504 e. The van der Waals surface area contributed by atoms with Crippen LogP contribution in [0.2, 0.25) is 0 Å². The fraction of sp³-hybridized carbons (Fsp3) is 0.308. The second kappa shape index (κ2) is 9.79. The van der Waals surface area contributed by atoms with E-state index in [0.717, 1.165) is 35.0 Å². The number of fused-ring (bicyclic) bond motifs is 1. The molecule has 8 nitrogen and oxygen atoms in total. The number of hydrogen-bond acceptors (Lipinski definition) is 5. The smallest absolute Gasteiger partial charge is 0.411 e. The van der Waals surface area contributed by atoms with Crippen molar-refractivity contribution in [1.82, 2.24) is 4.57 Å². The molecule has 176 valence electrons. The van der Waals surface area contributed by atoms with Gasteiger partial charge in [0.1, 0.15) is 11.8 Å². The second-order valence-corrected chi connectivity index (χ2v) is 8.44. The van der Waals surface area contributed by atoms with E-state index in [1.165, 1.54) is 0 Å². The van der Waals surface area contributed by atoms with Crippen molar-refractivity contribution >= 4 is 28.5 Å². The summed E-state index contributed by atoms with van der Waals surface area (Å²) in [6.07, 6.45) is 1.41. The molecule has 1 fully saturated rings. The molecule has 1 aliphatic carbocycles. The molecule has 2 aromatic carbocycles. The Morgan fingerprint density at radius 1 is 1.29 bits per heavy atom. The zero-order chi connectivity index (χ0) is 24.2. The normalized spacial score (nSPS) is 13.6. The van der Waals surface area contributed by atoms with Gasteiger partial charge in [-0.3, -0.25) is 5.32 Å². The van der Waals surface area contributed by atoms with E-state index in [9.17, 15) is 10.1 Å². The van der Waals surface area contributed by atoms with Crippen LogP contribution >= 0.6 is 0 Å². The predicted molar refractivity (Wildman–Crippen MR) is 133 cm³/mol. The predicted octanol–water partition coefficient (Wildman–Crippen LogP) is 5.39. The monoisotopic (exact) mass is 458 g/mol. The third kappa shape index (κ3) is 4.94. The molecule has 0 aliphatic heterocycles. The van der Waals surface area contributed by atoms with E-state index < -0.39 is 6.09 Å². The summed E-state index contributed by atoms with van der Waals surface area (Å²) in [5.41, 5.74) is 9.81. The maximum atomic E-state index is 11.9. The van der Waals surface area contributed by atoms with Gasteiger partial charge in [0.15, 0.2) is 0 Å². The Hall–Kier alpha value is -4.12. The van der Waals surface area contributed by atoms with Gasteiger partial charge in [-0.05, 0) is 62.4 Å². The minimum Gasteiger partial charge on any atom is -0.504 e. The Labute approximate surface area is 199 Å². The van der Waals surface area contributed by atoms with Gasteiger partial charge >= 0.3 is 6.09 Å². The molecule has 0 radical (unpaired) electrons. The van der Waals surface area contributed by atoms with Crippen LogP contribution in [0, 0.1) is 17.9 Å². The molecule has 3 aromatic rings. The number of carbonyl (C=O) groups is 1. The van der Waals surface area contributed by atoms with Crippen LogP contribution in [0.5, 0.6) is 5.75 Å². The number of nitrogens with two attached hydrogens (primary N) is 1. The first-order chi connectivity index (χ1) is 16.4. The fourth-order valence-electron chi connectivity index (χ4n) is 3.92. The Morgan fingerprint density at radius 2 is 2.03 bits per heavy atom. The molecule has 8 heteroatoms. The Morgan fingerprint density at radius 3 is 2.65 bits per heavy atom. The van der Waals surface area contributed by atoms with Gasteiger partial charge in [-0.15, -0.1) is 6.54 Å². The number of aromatic nitrogens is 1. The molecule has 1 amide bonds. The molecular weight excluding hydrogens is 430 g/mol. The lowest BCUT2D eigenvalue weighted by Crippen LogP contribution is -2.20. The van der Waals surface area contributed by atoms with Crippen LogP contribution in [0.25, 0.3) is 22.2 Å². The first-order valence-corrected chi connectivity index (χ1v) is 11.3. The highest BCUT2D eigenvalue weighted by molar-refractivity contribution is 5.96. The van der Waals surface area contributed by atoms with E-state index in [2.05, 4.69) is 20.9 Å². The lowest BCUT2D eigenvalue weighted by atomic mass is 10.1. The van der Waals surface area contributed by atoms with E-state index in [-0.39, 0.29) is 12.7 Å². The number of rotatable bonds is 8. The highest BCUT2D eigenvalue weighted by Crippen LogP contribution is 2.45. The molecule has 3 N–H and O–H groups in total. The first kappa shape index (κ1) is 23.1. The topological polar surface area (TPSA) is 115 Å². The van der Waals surface area contributed by atoms with Gasteiger partial charge in [0, 0.05) is 23.2 Å². The number of benzene rings is 2. The fourth-order valence-corrected chi connectivity index (χ4v) is 3.92. The van der Waals surface area contributed by atoms with Crippen LogP contribution in [0.15, 0.2) is 47.5 Å². The summed E-state index contributed by atoms with van der Waals surface area (Å²) in [4.78, 5) is 15.9. The zero-order valence-corrected chi connectivity index (χ0v) is 19.5. The molecule has 0 atom stereocenters. The highest BCUT2D eigenvalue weighted by Gasteiger charge is 2.30. The summed E-state index contributed by atoms with van der Waals surface area (Å²) >= 11 is 0. The van der Waals surface area contributed by atoms with Crippen LogP contribution in [-0.2, 0) is 4.74 Å². The van der Waals surface area contributed by atoms with E-state index in [4.69, 9.17) is 15.2 Å². The molecule has 1 saturated carbocycles. The van der Waals surface area contributed by atoms with Crippen LogP contribution in [-0.4, -0.2) is 29.2 Å². The summed E-state index contributed by atoms with van der Waals surface area (Å²) in [5.74, 6) is 1.06. The number of amides is 1. The number of ether oxygens (including phenoxy) is 2. The number of aliphatic imine (C=N–C) groups is 1. The number of anilines is 1. The maximum absolute atomic E-state index is 11.9. The van der Waals surface area contributed by atoms with Gasteiger partial charge in [0.2, 0.25) is 0 Å². The number of nitrogens with zero attached hydrogens (tertiary/aromatic N) is 3. The van der Waals surface area contributed by atoms with Gasteiger partial charge in [0.05, 0.1) is 29.5 Å². The number of amidine groups is 1. The third-order valence-corrected chi connectivity index (χ3v) is 5.43. The van der Waals surface area contributed by atoms with Crippen molar-refractivity contribution in [3.05, 3.63) is 54.6 Å². The van der Waals surface area contributed by atoms with Gasteiger partial charge < -0.3 is 24.8 Å². The lowest BCUT2D eigenvalue weighted by molar-refractivity contribution is 0.130. The first-order valence-electron chi connectivity index (χ1n) is 11.3. The van der Waals surface area contributed by atoms with Crippen molar-refractivity contribution in [3.8, 4) is 23.1 Å². The van der Waals surface area contributed by atoms with Crippen molar-refractivity contribution in [2.45, 2.75) is 45.8 Å². The zero-order valence-electron chi connectivity index (χ0n) is 19.5. The van der Waals surface area contributed by atoms with Gasteiger partial charge in [-0.2, -0.15) is 5.26 Å². The molecule has 0 saturated heterocycles. The molecule has 34 heavy (non-hydrogen) atoms. The molecule has 1 aromatic heterocycles. The third-order valence-electron chi connectivity index (χ3n) is 5.43. The standard InChI is InChI=1S/C26H28N5O3/c1-4-29-24(28)15-33-20-11-12-21-22(14-27)25(31(19-9-10-19)23(21)13-20)17-5-7-18(8-6-17)30-26(32)34-16(2)3/h4-8,11-13,16,19H,9-10,15H2,1-3H3,(H2,28,29)(H,30,32)/q-1. The maximum Gasteiger partial charge on any atom is 0.411 e. The van der Waals surface area contributed by atoms with Crippen molar-refractivity contribution in [2.75, 3.05) is 11.9 Å². The molecule has 0 bridgehead atoms. The number of hydrogen-bond donors (Lipinski definition) is 2. The minimum absolute atomic E-state index is 0.186. The van der Waals surface area contributed by atoms with Crippen molar-refractivity contribution in [3.63, 3.8) is 0 Å². The lowest BCUT2D eigenvalue weighted by Gasteiger charge is -2.13. The van der Waals surface area contributed by atoms with Crippen LogP contribution < -0.4 is 15.8 Å². The molecule has 1 aliphatic rings. The number of nitriles is 1. The van der Waals surface area contributed by atoms with Crippen molar-refractivity contribution in [2.24, 2.45) is 10.7 Å². The second-order valence-electron chi connectivity index (χ2n) is 8.44. The van der Waals surface area contributed by atoms with Crippen molar-refractivity contribution in [1.29, 1.82) is 5.26 Å². The highest BCUT2D eigenvalue weighted by atomic mass is 16.6. The van der Waals surface area contributed by atoms with Gasteiger partial charge in [-0.1, -0.05) is 19.1 Å². The van der Waals surface area contributed by atoms with Crippen LogP contribution in [0.3, 0.4) is 0 Å². The van der Waals surface area contributed by atoms with Gasteiger partial charge in [-0.25, -0.2) is 4.79 Å². The van der Waals surface area contributed by atoms with Crippen LogP contribution in [0.1, 0.15) is 45.2 Å². The molecule has 0 unspecified atom stereocenters. The summed E-state index contributed by atoms with van der Waals surface area (Å²) in [7, 11) is 0. The number of carbonyl (C=O) groups excluding carboxylic acids is 1. The summed E-state index contributed by atoms with van der Waals surface area (Å²) in [6.45, 7) is 7.20. The molecule has 4 rings (SSSR count). The SMILES string of the molecule is C[CH-]N=C(N)COc1ccc2c(C#N)c(-c3ccc(NC(=O)OC(C)C)cc3)n(C3CC3)c2c1. The minimum atomic E-state index is -0.498. The Bertz CT molecular complexity index is 1260. The van der Waals surface area contributed by atoms with E-state index in [1.807, 2.05) is 42.5 Å². The number of nitrogens with one attached hydrogen (secondary N) is 1. The van der Waals surface area contributed by atoms with E-state index >= 15 is 0 Å². The molecule has 0 spiro atoms. The summed E-state index contributed by atoms with van der Waals surface area (Å²) < 4.78 is 13.2. The van der Waals surface area contributed by atoms with E-state index in [1.54, 1.807) is 27.3 Å². The van der Waals surface area contributed by atoms with Crippen molar-refractivity contribution < 1.29 is 14.3 Å². The average Bonchev–Trinajstić information content (AvgIpc) is 3.59. The molecular formula is C26H28N5O3-. The Kier molecular flexibility index (Phi) is 6.64. The summed E-state index contributed by atoms with van der Waals surface area (Å²) in [6, 6.07) is 15.9. The van der Waals surface area contributed by atoms with Crippen LogP contribution in [0.4, 0.5) is 10.5 Å². The summed E-state index contributed by atoms with van der Waals surface area (Å²) in [5, 5.41) is 13.7. The Balaban J connectivity index is 1.70. The van der Waals surface area contributed by atoms with Gasteiger partial charge in [0.25, 0.3) is 0 Å².